The highest BCUT2D eigenvalue weighted by atomic mass is 79.9. The van der Waals surface area contributed by atoms with Gasteiger partial charge in [-0.2, -0.15) is 0 Å². The Labute approximate surface area is 136 Å². The number of methoxy groups -OCH3 is 1. The molecule has 112 valence electrons. The lowest BCUT2D eigenvalue weighted by atomic mass is 9.97. The molecule has 0 radical (unpaired) electrons. The van der Waals surface area contributed by atoms with Gasteiger partial charge in [0.15, 0.2) is 0 Å². The molecule has 0 saturated heterocycles. The molecule has 6 heteroatoms. The van der Waals surface area contributed by atoms with Gasteiger partial charge in [0, 0.05) is 10.0 Å². The standard InChI is InChI=1S/C15H15BrClFN2O/c1-8-7-9(3-6-12(8)21-2)15(20-19)10-4-5-11(16)13(17)14(10)18/h3-7,15,20H,19H2,1-2H3. The maximum atomic E-state index is 14.3. The predicted molar refractivity (Wildman–Crippen MR) is 86.0 cm³/mol. The normalized spacial score (nSPS) is 12.3. The van der Waals surface area contributed by atoms with Gasteiger partial charge in [0.25, 0.3) is 0 Å². The summed E-state index contributed by atoms with van der Waals surface area (Å²) in [6.45, 7) is 1.92. The van der Waals surface area contributed by atoms with Gasteiger partial charge in [-0.25, -0.2) is 9.82 Å². The number of ether oxygens (including phenoxy) is 1. The first-order valence-electron chi connectivity index (χ1n) is 6.23. The van der Waals surface area contributed by atoms with E-state index in [1.807, 2.05) is 25.1 Å². The number of nitrogens with one attached hydrogen (secondary N) is 1. The molecule has 21 heavy (non-hydrogen) atoms. The van der Waals surface area contributed by atoms with Gasteiger partial charge in [-0.15, -0.1) is 0 Å². The van der Waals surface area contributed by atoms with Crippen molar-refractivity contribution in [2.24, 2.45) is 5.84 Å². The Morgan fingerprint density at radius 3 is 2.62 bits per heavy atom. The van der Waals surface area contributed by atoms with Crippen LogP contribution in [0.4, 0.5) is 4.39 Å². The predicted octanol–water partition coefficient (Wildman–Crippen LogP) is 4.11. The third-order valence-electron chi connectivity index (χ3n) is 3.29. The first kappa shape index (κ1) is 16.2. The van der Waals surface area contributed by atoms with Crippen molar-refractivity contribution in [3.05, 3.63) is 62.3 Å². The molecule has 0 aromatic heterocycles. The van der Waals surface area contributed by atoms with Gasteiger partial charge in [0.2, 0.25) is 0 Å². The van der Waals surface area contributed by atoms with E-state index < -0.39 is 11.9 Å². The van der Waals surface area contributed by atoms with Gasteiger partial charge in [-0.3, -0.25) is 5.84 Å². The van der Waals surface area contributed by atoms with Gasteiger partial charge in [-0.1, -0.05) is 29.8 Å². The van der Waals surface area contributed by atoms with E-state index >= 15 is 0 Å². The highest BCUT2D eigenvalue weighted by Gasteiger charge is 2.20. The Hall–Kier alpha value is -1.14. The van der Waals surface area contributed by atoms with Gasteiger partial charge in [-0.05, 0) is 46.1 Å². The zero-order valence-electron chi connectivity index (χ0n) is 11.6. The minimum absolute atomic E-state index is 0.0398. The topological polar surface area (TPSA) is 47.3 Å². The van der Waals surface area contributed by atoms with Crippen LogP contribution in [0, 0.1) is 12.7 Å². The first-order valence-corrected chi connectivity index (χ1v) is 7.40. The van der Waals surface area contributed by atoms with Crippen molar-refractivity contribution in [2.75, 3.05) is 7.11 Å². The number of aryl methyl sites for hydroxylation is 1. The second-order valence-electron chi connectivity index (χ2n) is 4.59. The van der Waals surface area contributed by atoms with Crippen LogP contribution in [0.5, 0.6) is 5.75 Å². The van der Waals surface area contributed by atoms with Crippen molar-refractivity contribution < 1.29 is 9.13 Å². The van der Waals surface area contributed by atoms with E-state index in [1.54, 1.807) is 19.2 Å². The Morgan fingerprint density at radius 1 is 1.33 bits per heavy atom. The highest BCUT2D eigenvalue weighted by Crippen LogP contribution is 2.33. The SMILES string of the molecule is COc1ccc(C(NN)c2ccc(Br)c(Cl)c2F)cc1C. The van der Waals surface area contributed by atoms with Gasteiger partial charge in [0.1, 0.15) is 11.6 Å². The summed E-state index contributed by atoms with van der Waals surface area (Å²) >= 11 is 9.14. The van der Waals surface area contributed by atoms with E-state index in [0.717, 1.165) is 16.9 Å². The Kier molecular flexibility index (Phi) is 5.22. The summed E-state index contributed by atoms with van der Waals surface area (Å²) < 4.78 is 20.1. The molecule has 0 aliphatic rings. The van der Waals surface area contributed by atoms with Crippen molar-refractivity contribution in [1.29, 1.82) is 0 Å². The third-order valence-corrected chi connectivity index (χ3v) is 4.55. The van der Waals surface area contributed by atoms with E-state index in [2.05, 4.69) is 21.4 Å². The summed E-state index contributed by atoms with van der Waals surface area (Å²) in [7, 11) is 1.61. The zero-order chi connectivity index (χ0) is 15.6. The average Bonchev–Trinajstić information content (AvgIpc) is 2.48. The lowest BCUT2D eigenvalue weighted by Crippen LogP contribution is -2.29. The van der Waals surface area contributed by atoms with Crippen LogP contribution >= 0.6 is 27.5 Å². The minimum atomic E-state index is -0.500. The smallest absolute Gasteiger partial charge is 0.148 e. The number of halogens is 3. The molecule has 0 saturated carbocycles. The summed E-state index contributed by atoms with van der Waals surface area (Å²) in [5, 5.41) is 0.0398. The molecule has 0 heterocycles. The van der Waals surface area contributed by atoms with Gasteiger partial charge >= 0.3 is 0 Å². The molecule has 0 bridgehead atoms. The molecule has 2 rings (SSSR count). The monoisotopic (exact) mass is 372 g/mol. The molecule has 0 spiro atoms. The summed E-state index contributed by atoms with van der Waals surface area (Å²) in [5.74, 6) is 5.88. The fourth-order valence-corrected chi connectivity index (χ4v) is 2.69. The van der Waals surface area contributed by atoms with Crippen LogP contribution in [0.2, 0.25) is 5.02 Å². The number of rotatable bonds is 4. The molecule has 1 unspecified atom stereocenters. The second kappa shape index (κ2) is 6.75. The average molecular weight is 374 g/mol. The molecule has 0 aliphatic carbocycles. The van der Waals surface area contributed by atoms with Crippen LogP contribution in [0.15, 0.2) is 34.8 Å². The Morgan fingerprint density at radius 2 is 2.05 bits per heavy atom. The quantitative estimate of drug-likeness (QED) is 0.482. The van der Waals surface area contributed by atoms with Crippen molar-refractivity contribution in [1.82, 2.24) is 5.43 Å². The van der Waals surface area contributed by atoms with Crippen LogP contribution < -0.4 is 16.0 Å². The Balaban J connectivity index is 2.50. The second-order valence-corrected chi connectivity index (χ2v) is 5.83. The van der Waals surface area contributed by atoms with E-state index in [0.29, 0.717) is 10.0 Å². The zero-order valence-corrected chi connectivity index (χ0v) is 13.9. The van der Waals surface area contributed by atoms with Gasteiger partial charge < -0.3 is 4.74 Å². The highest BCUT2D eigenvalue weighted by molar-refractivity contribution is 9.10. The number of hydrazine groups is 1. The molecule has 3 nitrogen and oxygen atoms in total. The minimum Gasteiger partial charge on any atom is -0.496 e. The number of benzene rings is 2. The van der Waals surface area contributed by atoms with E-state index in [1.165, 1.54) is 0 Å². The lowest BCUT2D eigenvalue weighted by molar-refractivity contribution is 0.411. The van der Waals surface area contributed by atoms with E-state index in [4.69, 9.17) is 22.2 Å². The fraction of sp³-hybridized carbons (Fsp3) is 0.200. The molecule has 0 amide bonds. The molecule has 2 aromatic carbocycles. The van der Waals surface area contributed by atoms with Crippen LogP contribution in [-0.4, -0.2) is 7.11 Å². The van der Waals surface area contributed by atoms with E-state index in [-0.39, 0.29) is 5.02 Å². The first-order chi connectivity index (χ1) is 9.99. The molecule has 2 aromatic rings. The summed E-state index contributed by atoms with van der Waals surface area (Å²) in [6, 6.07) is 8.41. The number of hydrogen-bond acceptors (Lipinski definition) is 3. The fourth-order valence-electron chi connectivity index (χ4n) is 2.21. The maximum absolute atomic E-state index is 14.3. The summed E-state index contributed by atoms with van der Waals surface area (Å²) in [5.41, 5.74) is 4.79. The van der Waals surface area contributed by atoms with Crippen molar-refractivity contribution in [3.63, 3.8) is 0 Å². The van der Waals surface area contributed by atoms with Crippen molar-refractivity contribution in [3.8, 4) is 5.75 Å². The largest absolute Gasteiger partial charge is 0.496 e. The molecule has 3 N–H and O–H groups in total. The molecular formula is C15H15BrClFN2O. The van der Waals surface area contributed by atoms with Crippen molar-refractivity contribution >= 4 is 27.5 Å². The van der Waals surface area contributed by atoms with Crippen molar-refractivity contribution in [2.45, 2.75) is 13.0 Å². The van der Waals surface area contributed by atoms with Crippen LogP contribution in [0.25, 0.3) is 0 Å². The molecular weight excluding hydrogens is 359 g/mol. The summed E-state index contributed by atoms with van der Waals surface area (Å²) in [4.78, 5) is 0. The summed E-state index contributed by atoms with van der Waals surface area (Å²) in [6.07, 6.45) is 0. The third kappa shape index (κ3) is 3.21. The lowest BCUT2D eigenvalue weighted by Gasteiger charge is -2.19. The molecule has 0 fully saturated rings. The van der Waals surface area contributed by atoms with Crippen LogP contribution in [-0.2, 0) is 0 Å². The van der Waals surface area contributed by atoms with Crippen LogP contribution in [0.3, 0.4) is 0 Å². The number of nitrogens with two attached hydrogens (primary N) is 1. The number of hydrogen-bond donors (Lipinski definition) is 2. The van der Waals surface area contributed by atoms with Gasteiger partial charge in [0.05, 0.1) is 18.2 Å². The Bertz CT molecular complexity index is 666. The molecule has 1 atom stereocenters. The van der Waals surface area contributed by atoms with Crippen LogP contribution in [0.1, 0.15) is 22.7 Å². The molecule has 0 aliphatic heterocycles. The maximum Gasteiger partial charge on any atom is 0.148 e. The van der Waals surface area contributed by atoms with E-state index in [9.17, 15) is 4.39 Å².